The summed E-state index contributed by atoms with van der Waals surface area (Å²) >= 11 is 0. The summed E-state index contributed by atoms with van der Waals surface area (Å²) in [4.78, 5) is 2.34. The third kappa shape index (κ3) is 5.76. The highest BCUT2D eigenvalue weighted by Gasteiger charge is 2.18. The van der Waals surface area contributed by atoms with Crippen molar-refractivity contribution in [2.45, 2.75) is 0 Å². The molecule has 57 heavy (non-hydrogen) atoms. The molecule has 0 saturated carbocycles. The zero-order valence-electron chi connectivity index (χ0n) is 31.1. The van der Waals surface area contributed by atoms with Gasteiger partial charge in [0.15, 0.2) is 0 Å². The summed E-state index contributed by atoms with van der Waals surface area (Å²) in [6.45, 7) is 0. The molecule has 0 saturated heterocycles. The first kappa shape index (κ1) is 32.8. The van der Waals surface area contributed by atoms with Gasteiger partial charge in [0.05, 0.1) is 11.0 Å². The zero-order chi connectivity index (χ0) is 37.7. The van der Waals surface area contributed by atoms with Gasteiger partial charge in [0.1, 0.15) is 11.2 Å². The topological polar surface area (TPSA) is 21.3 Å². The van der Waals surface area contributed by atoms with E-state index in [1.54, 1.807) is 0 Å². The van der Waals surface area contributed by atoms with Gasteiger partial charge in [-0.15, -0.1) is 0 Å². The van der Waals surface area contributed by atoms with Gasteiger partial charge in [-0.2, -0.15) is 0 Å². The molecule has 0 spiro atoms. The quantitative estimate of drug-likeness (QED) is 0.163. The molecule has 3 nitrogen and oxygen atoms in total. The van der Waals surface area contributed by atoms with Crippen LogP contribution in [0.4, 0.5) is 17.1 Å². The second-order valence-corrected chi connectivity index (χ2v) is 14.6. The van der Waals surface area contributed by atoms with Crippen molar-refractivity contribution >= 4 is 60.8 Å². The van der Waals surface area contributed by atoms with Crippen molar-refractivity contribution in [3.05, 3.63) is 218 Å². The van der Waals surface area contributed by atoms with Crippen LogP contribution in [-0.2, 0) is 0 Å². The molecule has 268 valence electrons. The van der Waals surface area contributed by atoms with Crippen LogP contribution in [0.2, 0.25) is 0 Å². The molecular formula is C54H36N2O. The fraction of sp³-hybridized carbons (Fsp3) is 0. The third-order valence-corrected chi connectivity index (χ3v) is 11.2. The number of anilines is 3. The lowest BCUT2D eigenvalue weighted by molar-refractivity contribution is 0.669. The van der Waals surface area contributed by atoms with Crippen molar-refractivity contribution in [1.29, 1.82) is 0 Å². The molecule has 0 aliphatic rings. The van der Waals surface area contributed by atoms with E-state index in [-0.39, 0.29) is 0 Å². The van der Waals surface area contributed by atoms with Crippen LogP contribution in [0.25, 0.3) is 82.8 Å². The fourth-order valence-corrected chi connectivity index (χ4v) is 8.41. The molecule has 3 heteroatoms. The number of hydrogen-bond acceptors (Lipinski definition) is 2. The first-order chi connectivity index (χ1) is 28.2. The molecule has 0 aliphatic carbocycles. The molecule has 0 N–H and O–H groups in total. The molecule has 2 aromatic heterocycles. The summed E-state index contributed by atoms with van der Waals surface area (Å²) < 4.78 is 8.84. The summed E-state index contributed by atoms with van der Waals surface area (Å²) in [5.74, 6) is 0. The standard InChI is InChI=1S/C54H36N2O/c1-4-12-37(13-5-1)39-20-26-44(27-21-39)55(45-28-22-40(23-29-45)38-14-6-2-7-15-38)46-30-33-54-50(36-46)49-35-42(25-32-53(49)57-54)41-24-31-52-48(34-41)47-18-10-11-19-51(47)56(52)43-16-8-3-9-17-43/h1-36H. The number of rotatable bonds is 7. The van der Waals surface area contributed by atoms with E-state index in [4.69, 9.17) is 4.42 Å². The van der Waals surface area contributed by atoms with Crippen molar-refractivity contribution in [2.75, 3.05) is 4.90 Å². The lowest BCUT2D eigenvalue weighted by Gasteiger charge is -2.26. The van der Waals surface area contributed by atoms with Gasteiger partial charge in [0.25, 0.3) is 0 Å². The van der Waals surface area contributed by atoms with Crippen LogP contribution in [0.5, 0.6) is 0 Å². The Morgan fingerprint density at radius 1 is 0.298 bits per heavy atom. The molecular weight excluding hydrogens is 693 g/mol. The van der Waals surface area contributed by atoms with Crippen LogP contribution in [0.3, 0.4) is 0 Å². The second kappa shape index (κ2) is 13.6. The summed E-state index contributed by atoms with van der Waals surface area (Å²) in [5.41, 5.74) is 15.6. The largest absolute Gasteiger partial charge is 0.456 e. The van der Waals surface area contributed by atoms with Crippen molar-refractivity contribution in [2.24, 2.45) is 0 Å². The molecule has 2 heterocycles. The highest BCUT2D eigenvalue weighted by molar-refractivity contribution is 6.11. The van der Waals surface area contributed by atoms with Gasteiger partial charge in [0, 0.05) is 44.3 Å². The van der Waals surface area contributed by atoms with E-state index in [0.29, 0.717) is 0 Å². The minimum atomic E-state index is 0.867. The number of hydrogen-bond donors (Lipinski definition) is 0. The Balaban J connectivity index is 1.03. The summed E-state index contributed by atoms with van der Waals surface area (Å²) in [6, 6.07) is 78.1. The first-order valence-electron chi connectivity index (χ1n) is 19.4. The smallest absolute Gasteiger partial charge is 0.135 e. The average Bonchev–Trinajstić information content (AvgIpc) is 3.82. The van der Waals surface area contributed by atoms with Crippen molar-refractivity contribution < 1.29 is 4.42 Å². The van der Waals surface area contributed by atoms with Gasteiger partial charge in [-0.05, 0) is 118 Å². The lowest BCUT2D eigenvalue weighted by Crippen LogP contribution is -2.09. The average molecular weight is 729 g/mol. The van der Waals surface area contributed by atoms with Gasteiger partial charge in [-0.1, -0.05) is 133 Å². The van der Waals surface area contributed by atoms with Gasteiger partial charge >= 0.3 is 0 Å². The molecule has 9 aromatic carbocycles. The van der Waals surface area contributed by atoms with Crippen LogP contribution in [0, 0.1) is 0 Å². The fourth-order valence-electron chi connectivity index (χ4n) is 8.41. The van der Waals surface area contributed by atoms with Gasteiger partial charge < -0.3 is 13.9 Å². The normalized spacial score (nSPS) is 11.5. The molecule has 0 fully saturated rings. The van der Waals surface area contributed by atoms with Crippen molar-refractivity contribution in [3.63, 3.8) is 0 Å². The van der Waals surface area contributed by atoms with E-state index in [9.17, 15) is 0 Å². The maximum absolute atomic E-state index is 6.48. The maximum Gasteiger partial charge on any atom is 0.135 e. The van der Waals surface area contributed by atoms with Crippen LogP contribution in [0.1, 0.15) is 0 Å². The molecule has 0 radical (unpaired) electrons. The van der Waals surface area contributed by atoms with Crippen LogP contribution < -0.4 is 4.90 Å². The Morgan fingerprint density at radius 3 is 1.37 bits per heavy atom. The Morgan fingerprint density at radius 2 is 0.737 bits per heavy atom. The molecule has 11 rings (SSSR count). The number of benzene rings is 9. The molecule has 0 aliphatic heterocycles. The van der Waals surface area contributed by atoms with E-state index < -0.39 is 0 Å². The van der Waals surface area contributed by atoms with Gasteiger partial charge in [-0.3, -0.25) is 0 Å². The number of aromatic nitrogens is 1. The maximum atomic E-state index is 6.48. The zero-order valence-corrected chi connectivity index (χ0v) is 31.1. The predicted octanol–water partition coefficient (Wildman–Crippen LogP) is 15.2. The monoisotopic (exact) mass is 728 g/mol. The summed E-state index contributed by atoms with van der Waals surface area (Å²) in [7, 11) is 0. The molecule has 0 atom stereocenters. The Kier molecular flexibility index (Phi) is 7.82. The second-order valence-electron chi connectivity index (χ2n) is 14.6. The van der Waals surface area contributed by atoms with E-state index in [1.165, 1.54) is 49.6 Å². The van der Waals surface area contributed by atoms with Crippen LogP contribution in [-0.4, -0.2) is 4.57 Å². The van der Waals surface area contributed by atoms with Gasteiger partial charge in [0.2, 0.25) is 0 Å². The number of para-hydroxylation sites is 2. The lowest BCUT2D eigenvalue weighted by atomic mass is 10.0. The van der Waals surface area contributed by atoms with E-state index >= 15 is 0 Å². The molecule has 0 amide bonds. The van der Waals surface area contributed by atoms with Crippen molar-refractivity contribution in [3.8, 4) is 39.1 Å². The molecule has 11 aromatic rings. The Hall–Kier alpha value is -7.62. The van der Waals surface area contributed by atoms with E-state index in [1.807, 2.05) is 0 Å². The summed E-state index contributed by atoms with van der Waals surface area (Å²) in [6.07, 6.45) is 0. The predicted molar refractivity (Wildman–Crippen MR) is 239 cm³/mol. The Labute approximate surface area is 330 Å². The minimum Gasteiger partial charge on any atom is -0.456 e. The highest BCUT2D eigenvalue weighted by atomic mass is 16.3. The number of fused-ring (bicyclic) bond motifs is 6. The van der Waals surface area contributed by atoms with Gasteiger partial charge in [-0.25, -0.2) is 0 Å². The SMILES string of the molecule is c1ccc(-c2ccc(N(c3ccc(-c4ccccc4)cc3)c3ccc4oc5ccc(-c6ccc7c(c6)c6ccccc6n7-c6ccccc6)cc5c4c3)cc2)cc1. The van der Waals surface area contributed by atoms with E-state index in [0.717, 1.165) is 50.3 Å². The molecule has 0 bridgehead atoms. The van der Waals surface area contributed by atoms with Crippen LogP contribution in [0.15, 0.2) is 223 Å². The summed E-state index contributed by atoms with van der Waals surface area (Å²) in [5, 5.41) is 4.65. The highest BCUT2D eigenvalue weighted by Crippen LogP contribution is 2.41. The van der Waals surface area contributed by atoms with Crippen LogP contribution >= 0.6 is 0 Å². The first-order valence-corrected chi connectivity index (χ1v) is 19.4. The number of furan rings is 1. The van der Waals surface area contributed by atoms with E-state index in [2.05, 4.69) is 228 Å². The minimum absolute atomic E-state index is 0.867. The Bertz CT molecular complexity index is 3120. The van der Waals surface area contributed by atoms with Crippen molar-refractivity contribution in [1.82, 2.24) is 4.57 Å². The molecule has 0 unspecified atom stereocenters. The number of nitrogens with zero attached hydrogens (tertiary/aromatic N) is 2. The third-order valence-electron chi connectivity index (χ3n) is 11.2.